The number of halogens is 2. The molecule has 6 nitrogen and oxygen atoms in total. The van der Waals surface area contributed by atoms with Gasteiger partial charge in [0, 0.05) is 22.8 Å². The number of aromatic nitrogens is 3. The first-order valence-corrected chi connectivity index (χ1v) is 5.62. The summed E-state index contributed by atoms with van der Waals surface area (Å²) in [6.07, 6.45) is 0. The fraction of sp³-hybridized carbons (Fsp3) is 0.100. The van der Waals surface area contributed by atoms with Crippen LogP contribution in [0.3, 0.4) is 0 Å². The molecule has 1 aromatic heterocycles. The molecule has 0 atom stereocenters. The zero-order valence-corrected chi connectivity index (χ0v) is 10.7. The van der Waals surface area contributed by atoms with E-state index in [-0.39, 0.29) is 5.82 Å². The number of nitrogens with one attached hydrogen (secondary N) is 2. The van der Waals surface area contributed by atoms with Crippen LogP contribution in [0.2, 0.25) is 10.0 Å². The fourth-order valence-electron chi connectivity index (χ4n) is 1.32. The number of H-pyrrole nitrogens is 1. The van der Waals surface area contributed by atoms with Crippen LogP contribution >= 0.6 is 23.2 Å². The van der Waals surface area contributed by atoms with E-state index >= 15 is 0 Å². The van der Waals surface area contributed by atoms with Crippen molar-refractivity contribution in [1.82, 2.24) is 14.8 Å². The number of carbonyl (C=O) groups is 1. The van der Waals surface area contributed by atoms with E-state index in [0.717, 1.165) is 4.68 Å². The molecule has 1 amide bonds. The van der Waals surface area contributed by atoms with Crippen LogP contribution in [0.15, 0.2) is 23.0 Å². The minimum atomic E-state index is -0.550. The van der Waals surface area contributed by atoms with E-state index in [4.69, 9.17) is 23.2 Å². The fourth-order valence-corrected chi connectivity index (χ4v) is 1.85. The lowest BCUT2D eigenvalue weighted by molar-refractivity contribution is 0.101. The highest BCUT2D eigenvalue weighted by Gasteiger charge is 2.12. The van der Waals surface area contributed by atoms with Gasteiger partial charge in [0.25, 0.3) is 5.91 Å². The predicted molar refractivity (Wildman–Crippen MR) is 68.2 cm³/mol. The van der Waals surface area contributed by atoms with Crippen LogP contribution in [0.1, 0.15) is 10.6 Å². The van der Waals surface area contributed by atoms with Gasteiger partial charge in [-0.05, 0) is 18.2 Å². The second-order valence-corrected chi connectivity index (χ2v) is 4.39. The molecule has 0 fully saturated rings. The molecule has 2 rings (SSSR count). The molecule has 0 radical (unpaired) electrons. The number of benzene rings is 1. The monoisotopic (exact) mass is 286 g/mol. The average molecular weight is 287 g/mol. The summed E-state index contributed by atoms with van der Waals surface area (Å²) < 4.78 is 1.03. The molecule has 0 spiro atoms. The number of amides is 1. The van der Waals surface area contributed by atoms with Crippen LogP contribution in [0.5, 0.6) is 0 Å². The number of aryl methyl sites for hydroxylation is 1. The van der Waals surface area contributed by atoms with Gasteiger partial charge in [0.2, 0.25) is 5.82 Å². The van der Waals surface area contributed by atoms with Gasteiger partial charge in [0.1, 0.15) is 0 Å². The van der Waals surface area contributed by atoms with Crippen molar-refractivity contribution in [3.8, 4) is 0 Å². The zero-order chi connectivity index (χ0) is 13.3. The van der Waals surface area contributed by atoms with Crippen LogP contribution in [-0.2, 0) is 7.05 Å². The maximum Gasteiger partial charge on any atom is 0.343 e. The zero-order valence-electron chi connectivity index (χ0n) is 9.20. The SMILES string of the molecule is Cn1nc(C(=O)Nc2cc(Cl)cc(Cl)c2)[nH]c1=O. The number of nitrogens with zero attached hydrogens (tertiary/aromatic N) is 2. The Morgan fingerprint density at radius 3 is 2.44 bits per heavy atom. The normalized spacial score (nSPS) is 10.4. The van der Waals surface area contributed by atoms with Gasteiger partial charge in [-0.15, -0.1) is 5.10 Å². The maximum atomic E-state index is 11.8. The first kappa shape index (κ1) is 12.7. The summed E-state index contributed by atoms with van der Waals surface area (Å²) >= 11 is 11.6. The van der Waals surface area contributed by atoms with Gasteiger partial charge in [0.15, 0.2) is 0 Å². The van der Waals surface area contributed by atoms with Gasteiger partial charge in [-0.25, -0.2) is 9.48 Å². The second kappa shape index (κ2) is 4.83. The standard InChI is InChI=1S/C10H8Cl2N4O2/c1-16-10(18)14-8(15-16)9(17)13-7-3-5(11)2-6(12)4-7/h2-4H,1H3,(H,13,17)(H,14,15,18). The molecule has 0 aliphatic rings. The highest BCUT2D eigenvalue weighted by atomic mass is 35.5. The highest BCUT2D eigenvalue weighted by molar-refractivity contribution is 6.35. The third-order valence-electron chi connectivity index (χ3n) is 2.10. The van der Waals surface area contributed by atoms with Crippen molar-refractivity contribution in [3.63, 3.8) is 0 Å². The third kappa shape index (κ3) is 2.72. The van der Waals surface area contributed by atoms with E-state index in [1.54, 1.807) is 6.07 Å². The molecule has 0 bridgehead atoms. The van der Waals surface area contributed by atoms with E-state index < -0.39 is 11.6 Å². The molecule has 18 heavy (non-hydrogen) atoms. The van der Waals surface area contributed by atoms with E-state index in [1.807, 2.05) is 0 Å². The molecule has 0 aliphatic carbocycles. The van der Waals surface area contributed by atoms with Crippen molar-refractivity contribution in [3.05, 3.63) is 44.6 Å². The topological polar surface area (TPSA) is 79.8 Å². The Morgan fingerprint density at radius 2 is 1.94 bits per heavy atom. The quantitative estimate of drug-likeness (QED) is 0.881. The van der Waals surface area contributed by atoms with E-state index in [2.05, 4.69) is 15.4 Å². The summed E-state index contributed by atoms with van der Waals surface area (Å²) in [5.41, 5.74) is -0.0479. The number of carbonyl (C=O) groups excluding carboxylic acids is 1. The minimum absolute atomic E-state index is 0.0846. The van der Waals surface area contributed by atoms with Gasteiger partial charge in [-0.2, -0.15) is 0 Å². The summed E-state index contributed by atoms with van der Waals surface area (Å²) in [5.74, 6) is -0.635. The lowest BCUT2D eigenvalue weighted by atomic mass is 10.3. The van der Waals surface area contributed by atoms with Gasteiger partial charge in [-0.3, -0.25) is 9.78 Å². The molecule has 94 valence electrons. The molecule has 0 saturated carbocycles. The molecule has 0 saturated heterocycles. The molecule has 0 unspecified atom stereocenters. The molecular formula is C10H8Cl2N4O2. The van der Waals surface area contributed by atoms with E-state index in [0.29, 0.717) is 15.7 Å². The Bertz CT molecular complexity index is 642. The number of anilines is 1. The van der Waals surface area contributed by atoms with Gasteiger partial charge in [0.05, 0.1) is 0 Å². The first-order valence-electron chi connectivity index (χ1n) is 4.86. The summed E-state index contributed by atoms with van der Waals surface area (Å²) in [7, 11) is 1.44. The predicted octanol–water partition coefficient (Wildman–Crippen LogP) is 1.67. The van der Waals surface area contributed by atoms with Crippen molar-refractivity contribution >= 4 is 34.8 Å². The Morgan fingerprint density at radius 1 is 1.33 bits per heavy atom. The Balaban J connectivity index is 2.23. The summed E-state index contributed by atoms with van der Waals surface area (Å²) in [6, 6.07) is 4.61. The molecule has 2 N–H and O–H groups in total. The van der Waals surface area contributed by atoms with Gasteiger partial charge in [-0.1, -0.05) is 23.2 Å². The van der Waals surface area contributed by atoms with Gasteiger partial charge < -0.3 is 5.32 Å². The third-order valence-corrected chi connectivity index (χ3v) is 2.54. The molecule has 0 aliphatic heterocycles. The summed E-state index contributed by atoms with van der Waals surface area (Å²) in [6.45, 7) is 0. The number of hydrogen-bond donors (Lipinski definition) is 2. The lowest BCUT2D eigenvalue weighted by Crippen LogP contribution is -2.15. The first-order chi connectivity index (χ1) is 8.45. The van der Waals surface area contributed by atoms with Crippen LogP contribution in [-0.4, -0.2) is 20.7 Å². The number of aromatic amines is 1. The van der Waals surface area contributed by atoms with Crippen LogP contribution in [0, 0.1) is 0 Å². The number of hydrogen-bond acceptors (Lipinski definition) is 3. The minimum Gasteiger partial charge on any atom is -0.319 e. The summed E-state index contributed by atoms with van der Waals surface area (Å²) in [5, 5.41) is 7.04. The van der Waals surface area contributed by atoms with Crippen molar-refractivity contribution in [1.29, 1.82) is 0 Å². The molecule has 1 heterocycles. The Hall–Kier alpha value is -1.79. The molecular weight excluding hydrogens is 279 g/mol. The Kier molecular flexibility index (Phi) is 3.40. The van der Waals surface area contributed by atoms with Crippen molar-refractivity contribution in [2.45, 2.75) is 0 Å². The second-order valence-electron chi connectivity index (χ2n) is 3.51. The van der Waals surface area contributed by atoms with Crippen molar-refractivity contribution in [2.24, 2.45) is 7.05 Å². The average Bonchev–Trinajstić information content (AvgIpc) is 2.57. The lowest BCUT2D eigenvalue weighted by Gasteiger charge is -2.03. The largest absolute Gasteiger partial charge is 0.343 e. The molecule has 8 heteroatoms. The van der Waals surface area contributed by atoms with Crippen LogP contribution in [0.4, 0.5) is 5.69 Å². The highest BCUT2D eigenvalue weighted by Crippen LogP contribution is 2.22. The van der Waals surface area contributed by atoms with Crippen molar-refractivity contribution < 1.29 is 4.79 Å². The maximum absolute atomic E-state index is 11.8. The van der Waals surface area contributed by atoms with E-state index in [1.165, 1.54) is 19.2 Å². The van der Waals surface area contributed by atoms with Crippen molar-refractivity contribution in [2.75, 3.05) is 5.32 Å². The number of rotatable bonds is 2. The Labute approximate surface area is 112 Å². The van der Waals surface area contributed by atoms with Gasteiger partial charge >= 0.3 is 5.69 Å². The smallest absolute Gasteiger partial charge is 0.319 e. The van der Waals surface area contributed by atoms with E-state index in [9.17, 15) is 9.59 Å². The van der Waals surface area contributed by atoms with Crippen LogP contribution in [0.25, 0.3) is 0 Å². The molecule has 1 aromatic carbocycles. The van der Waals surface area contributed by atoms with Crippen LogP contribution < -0.4 is 11.0 Å². The summed E-state index contributed by atoms with van der Waals surface area (Å²) in [4.78, 5) is 25.2. The molecule has 2 aromatic rings.